The van der Waals surface area contributed by atoms with E-state index in [1.54, 1.807) is 0 Å². The maximum atomic E-state index is 12.2. The summed E-state index contributed by atoms with van der Waals surface area (Å²) < 4.78 is 0. The van der Waals surface area contributed by atoms with Gasteiger partial charge in [-0.3, -0.25) is 4.79 Å². The van der Waals surface area contributed by atoms with Crippen LogP contribution in [0.5, 0.6) is 0 Å². The number of benzene rings is 1. The van der Waals surface area contributed by atoms with Gasteiger partial charge < -0.3 is 4.90 Å². The molecule has 86 valence electrons. The lowest BCUT2D eigenvalue weighted by molar-refractivity contribution is 0.0771. The molecule has 16 heavy (non-hydrogen) atoms. The Balaban J connectivity index is 2.22. The van der Waals surface area contributed by atoms with Gasteiger partial charge in [-0.2, -0.15) is 11.8 Å². The van der Waals surface area contributed by atoms with Gasteiger partial charge in [-0.25, -0.2) is 0 Å². The van der Waals surface area contributed by atoms with Gasteiger partial charge >= 0.3 is 0 Å². The first-order valence-electron chi connectivity index (χ1n) is 5.32. The van der Waals surface area contributed by atoms with Gasteiger partial charge in [0.2, 0.25) is 0 Å². The summed E-state index contributed by atoms with van der Waals surface area (Å²) in [6.07, 6.45) is 0. The van der Waals surface area contributed by atoms with Crippen molar-refractivity contribution in [3.05, 3.63) is 34.3 Å². The van der Waals surface area contributed by atoms with Crippen molar-refractivity contribution in [2.45, 2.75) is 6.92 Å². The zero-order valence-corrected chi connectivity index (χ0v) is 10.8. The van der Waals surface area contributed by atoms with Crippen LogP contribution in [-0.2, 0) is 0 Å². The molecule has 2 nitrogen and oxygen atoms in total. The Hall–Kier alpha value is -0.670. The van der Waals surface area contributed by atoms with Crippen LogP contribution < -0.4 is 0 Å². The van der Waals surface area contributed by atoms with E-state index >= 15 is 0 Å². The highest BCUT2D eigenvalue weighted by molar-refractivity contribution is 7.99. The average Bonchev–Trinajstić information content (AvgIpc) is 2.33. The Morgan fingerprint density at radius 3 is 2.75 bits per heavy atom. The molecule has 1 aromatic rings. The predicted octanol–water partition coefficient (Wildman–Crippen LogP) is 2.84. The van der Waals surface area contributed by atoms with Crippen LogP contribution in [0.1, 0.15) is 15.9 Å². The van der Waals surface area contributed by atoms with Crippen molar-refractivity contribution in [1.29, 1.82) is 0 Å². The maximum Gasteiger partial charge on any atom is 0.254 e. The van der Waals surface area contributed by atoms with E-state index in [2.05, 4.69) is 0 Å². The van der Waals surface area contributed by atoms with Gasteiger partial charge in [-0.1, -0.05) is 17.7 Å². The number of rotatable bonds is 1. The van der Waals surface area contributed by atoms with Crippen molar-refractivity contribution >= 4 is 29.3 Å². The topological polar surface area (TPSA) is 20.3 Å². The van der Waals surface area contributed by atoms with E-state index in [-0.39, 0.29) is 5.91 Å². The Labute approximate surface area is 105 Å². The fraction of sp³-hybridized carbons (Fsp3) is 0.417. The molecule has 0 aromatic heterocycles. The summed E-state index contributed by atoms with van der Waals surface area (Å²) in [5.74, 6) is 2.18. The molecule has 0 spiro atoms. The van der Waals surface area contributed by atoms with Crippen LogP contribution in [0.15, 0.2) is 18.2 Å². The third kappa shape index (κ3) is 2.36. The quantitative estimate of drug-likeness (QED) is 0.769. The molecule has 0 saturated carbocycles. The second-order valence-electron chi connectivity index (χ2n) is 3.82. The van der Waals surface area contributed by atoms with Crippen LogP contribution in [0.3, 0.4) is 0 Å². The molecule has 1 saturated heterocycles. The van der Waals surface area contributed by atoms with Gasteiger partial charge in [0.05, 0.1) is 0 Å². The molecule has 0 bridgehead atoms. The van der Waals surface area contributed by atoms with E-state index in [9.17, 15) is 4.79 Å². The molecule has 0 N–H and O–H groups in total. The summed E-state index contributed by atoms with van der Waals surface area (Å²) in [4.78, 5) is 14.1. The Bertz CT molecular complexity index is 402. The van der Waals surface area contributed by atoms with Crippen LogP contribution >= 0.6 is 23.4 Å². The molecule has 0 aliphatic carbocycles. The van der Waals surface area contributed by atoms with Crippen molar-refractivity contribution in [2.75, 3.05) is 24.6 Å². The minimum atomic E-state index is 0.111. The van der Waals surface area contributed by atoms with Gasteiger partial charge in [0.1, 0.15) is 0 Å². The van der Waals surface area contributed by atoms with Gasteiger partial charge in [0, 0.05) is 35.2 Å². The van der Waals surface area contributed by atoms with Crippen molar-refractivity contribution in [1.82, 2.24) is 4.90 Å². The van der Waals surface area contributed by atoms with Crippen LogP contribution in [-0.4, -0.2) is 35.4 Å². The molecule has 0 unspecified atom stereocenters. The Kier molecular flexibility index (Phi) is 3.77. The van der Waals surface area contributed by atoms with E-state index < -0.39 is 0 Å². The van der Waals surface area contributed by atoms with E-state index in [4.69, 9.17) is 11.6 Å². The second kappa shape index (κ2) is 5.11. The standard InChI is InChI=1S/C12H14ClNOS/c1-9-10(3-2-4-11(9)13)12(15)14-5-7-16-8-6-14/h2-4H,5-8H2,1H3. The van der Waals surface area contributed by atoms with E-state index in [1.165, 1.54) is 0 Å². The lowest BCUT2D eigenvalue weighted by Crippen LogP contribution is -2.38. The maximum absolute atomic E-state index is 12.2. The molecular formula is C12H14ClNOS. The normalized spacial score (nSPS) is 16.2. The van der Waals surface area contributed by atoms with E-state index in [0.717, 1.165) is 35.7 Å². The smallest absolute Gasteiger partial charge is 0.254 e. The summed E-state index contributed by atoms with van der Waals surface area (Å²) >= 11 is 7.92. The lowest BCUT2D eigenvalue weighted by atomic mass is 10.1. The van der Waals surface area contributed by atoms with E-state index in [1.807, 2.05) is 41.8 Å². The zero-order chi connectivity index (χ0) is 11.5. The largest absolute Gasteiger partial charge is 0.337 e. The number of carbonyl (C=O) groups excluding carboxylic acids is 1. The van der Waals surface area contributed by atoms with E-state index in [0.29, 0.717) is 5.02 Å². The van der Waals surface area contributed by atoms with Crippen molar-refractivity contribution in [3.8, 4) is 0 Å². The molecule has 1 heterocycles. The summed E-state index contributed by atoms with van der Waals surface area (Å²) in [5.41, 5.74) is 1.62. The first-order valence-corrected chi connectivity index (χ1v) is 6.85. The molecule has 1 fully saturated rings. The minimum absolute atomic E-state index is 0.111. The van der Waals surface area contributed by atoms with Crippen molar-refractivity contribution in [2.24, 2.45) is 0 Å². The average molecular weight is 256 g/mol. The number of hydrogen-bond acceptors (Lipinski definition) is 2. The number of nitrogens with zero attached hydrogens (tertiary/aromatic N) is 1. The summed E-state index contributed by atoms with van der Waals surface area (Å²) in [7, 11) is 0. The third-order valence-electron chi connectivity index (χ3n) is 2.80. The van der Waals surface area contributed by atoms with Crippen molar-refractivity contribution < 1.29 is 4.79 Å². The predicted molar refractivity (Wildman–Crippen MR) is 69.4 cm³/mol. The molecule has 4 heteroatoms. The Morgan fingerprint density at radius 1 is 1.38 bits per heavy atom. The highest BCUT2D eigenvalue weighted by Gasteiger charge is 2.20. The molecule has 1 aromatic carbocycles. The summed E-state index contributed by atoms with van der Waals surface area (Å²) in [6, 6.07) is 5.51. The minimum Gasteiger partial charge on any atom is -0.337 e. The fourth-order valence-electron chi connectivity index (χ4n) is 1.78. The molecular weight excluding hydrogens is 242 g/mol. The van der Waals surface area contributed by atoms with Crippen molar-refractivity contribution in [3.63, 3.8) is 0 Å². The SMILES string of the molecule is Cc1c(Cl)cccc1C(=O)N1CCSCC1. The summed E-state index contributed by atoms with van der Waals surface area (Å²) in [6.45, 7) is 3.58. The monoisotopic (exact) mass is 255 g/mol. The summed E-state index contributed by atoms with van der Waals surface area (Å²) in [5, 5.41) is 0.664. The molecule has 0 atom stereocenters. The number of thioether (sulfide) groups is 1. The van der Waals surface area contributed by atoms with Gasteiger partial charge in [-0.15, -0.1) is 0 Å². The lowest BCUT2D eigenvalue weighted by Gasteiger charge is -2.27. The Morgan fingerprint density at radius 2 is 2.06 bits per heavy atom. The van der Waals surface area contributed by atoms with Crippen LogP contribution in [0.4, 0.5) is 0 Å². The molecule has 2 rings (SSSR count). The third-order valence-corrected chi connectivity index (χ3v) is 4.15. The second-order valence-corrected chi connectivity index (χ2v) is 5.45. The highest BCUT2D eigenvalue weighted by atomic mass is 35.5. The highest BCUT2D eigenvalue weighted by Crippen LogP contribution is 2.21. The fourth-order valence-corrected chi connectivity index (χ4v) is 2.85. The number of hydrogen-bond donors (Lipinski definition) is 0. The molecule has 1 amide bonds. The van der Waals surface area contributed by atoms with Gasteiger partial charge in [-0.05, 0) is 24.6 Å². The first kappa shape index (κ1) is 11.8. The number of carbonyl (C=O) groups is 1. The number of halogens is 1. The van der Waals surface area contributed by atoms with Crippen LogP contribution in [0.25, 0.3) is 0 Å². The zero-order valence-electron chi connectivity index (χ0n) is 9.20. The van der Waals surface area contributed by atoms with Crippen LogP contribution in [0, 0.1) is 6.92 Å². The first-order chi connectivity index (χ1) is 7.70. The molecule has 1 aliphatic heterocycles. The van der Waals surface area contributed by atoms with Gasteiger partial charge in [0.25, 0.3) is 5.91 Å². The van der Waals surface area contributed by atoms with Crippen LogP contribution in [0.2, 0.25) is 5.02 Å². The van der Waals surface area contributed by atoms with Gasteiger partial charge in [0.15, 0.2) is 0 Å². The molecule has 1 aliphatic rings. The number of amides is 1. The molecule has 0 radical (unpaired) electrons.